The number of quaternary nitrogens is 1. The lowest BCUT2D eigenvalue weighted by molar-refractivity contribution is -0.684. The minimum Gasteiger partial charge on any atom is -0.463 e. The summed E-state index contributed by atoms with van der Waals surface area (Å²) in [7, 11) is 0. The molecule has 0 spiro atoms. The van der Waals surface area contributed by atoms with E-state index in [1.165, 1.54) is 29.7 Å². The quantitative estimate of drug-likeness (QED) is 0.686. The van der Waals surface area contributed by atoms with Gasteiger partial charge in [0.15, 0.2) is 12.3 Å². The Morgan fingerprint density at radius 3 is 2.81 bits per heavy atom. The van der Waals surface area contributed by atoms with Gasteiger partial charge >= 0.3 is 6.18 Å². The third-order valence-electron chi connectivity index (χ3n) is 3.91. The van der Waals surface area contributed by atoms with Crippen LogP contribution in [0.5, 0.6) is 0 Å². The maximum atomic E-state index is 13.0. The van der Waals surface area contributed by atoms with Crippen molar-refractivity contribution in [1.82, 2.24) is 14.8 Å². The van der Waals surface area contributed by atoms with Crippen LogP contribution in [0, 0.1) is 0 Å². The second-order valence-electron chi connectivity index (χ2n) is 5.86. The summed E-state index contributed by atoms with van der Waals surface area (Å²) in [4.78, 5) is 16.0. The third kappa shape index (κ3) is 4.53. The number of benzene rings is 1. The normalized spacial score (nSPS) is 12.7. The molecule has 1 aromatic carbocycles. The molecule has 27 heavy (non-hydrogen) atoms. The van der Waals surface area contributed by atoms with E-state index in [1.807, 2.05) is 6.92 Å². The number of alkyl halides is 3. The smallest absolute Gasteiger partial charge is 0.416 e. The summed E-state index contributed by atoms with van der Waals surface area (Å²) in [6.45, 7) is 1.87. The van der Waals surface area contributed by atoms with Crippen molar-refractivity contribution < 1.29 is 27.7 Å². The Balaban J connectivity index is 1.76. The number of rotatable bonds is 6. The van der Waals surface area contributed by atoms with E-state index in [4.69, 9.17) is 4.42 Å². The number of anilines is 1. The highest BCUT2D eigenvalue weighted by atomic mass is 19.4. The Morgan fingerprint density at radius 1 is 1.37 bits per heavy atom. The Bertz CT molecular complexity index is 892. The van der Waals surface area contributed by atoms with Crippen molar-refractivity contribution in [1.29, 1.82) is 0 Å². The van der Waals surface area contributed by atoms with Gasteiger partial charge in [-0.05, 0) is 37.3 Å². The molecule has 2 heterocycles. The predicted molar refractivity (Wildman–Crippen MR) is 88.9 cm³/mol. The maximum absolute atomic E-state index is 13.0. The van der Waals surface area contributed by atoms with Crippen LogP contribution >= 0.6 is 0 Å². The van der Waals surface area contributed by atoms with Gasteiger partial charge < -0.3 is 15.1 Å². The molecule has 3 aromatic rings. The summed E-state index contributed by atoms with van der Waals surface area (Å²) in [5, 5.41) is 8.15. The molecule has 0 bridgehead atoms. The van der Waals surface area contributed by atoms with Gasteiger partial charge in [-0.2, -0.15) is 18.3 Å². The summed E-state index contributed by atoms with van der Waals surface area (Å²) in [6, 6.07) is 6.47. The Labute approximate surface area is 152 Å². The number of hydrogen-bond acceptors (Lipinski definition) is 4. The van der Waals surface area contributed by atoms with E-state index in [1.54, 1.807) is 17.4 Å². The number of aromatic nitrogens is 3. The average Bonchev–Trinajstić information content (AvgIpc) is 3.32. The summed E-state index contributed by atoms with van der Waals surface area (Å²) in [6.07, 6.45) is -0.404. The predicted octanol–water partition coefficient (Wildman–Crippen LogP) is 2.14. The number of nitrogens with one attached hydrogen (secondary N) is 1. The van der Waals surface area contributed by atoms with Crippen LogP contribution in [0.4, 0.5) is 18.9 Å². The average molecular weight is 380 g/mol. The van der Waals surface area contributed by atoms with Gasteiger partial charge in [-0.15, -0.1) is 0 Å². The van der Waals surface area contributed by atoms with Gasteiger partial charge in [0.05, 0.1) is 23.2 Å². The first-order chi connectivity index (χ1) is 12.8. The molecule has 0 radical (unpaired) electrons. The number of carbonyl (C=O) groups is 1. The van der Waals surface area contributed by atoms with E-state index in [0.717, 1.165) is 12.1 Å². The van der Waals surface area contributed by atoms with Gasteiger partial charge in [0.1, 0.15) is 18.7 Å². The van der Waals surface area contributed by atoms with Crippen molar-refractivity contribution in [3.8, 4) is 5.69 Å². The zero-order valence-corrected chi connectivity index (χ0v) is 14.3. The van der Waals surface area contributed by atoms with Crippen LogP contribution in [0.1, 0.15) is 24.3 Å². The van der Waals surface area contributed by atoms with Gasteiger partial charge in [-0.25, -0.2) is 9.67 Å². The lowest BCUT2D eigenvalue weighted by Crippen LogP contribution is -2.86. The van der Waals surface area contributed by atoms with E-state index in [0.29, 0.717) is 5.76 Å². The molecule has 1 amide bonds. The van der Waals surface area contributed by atoms with Gasteiger partial charge in [-0.3, -0.25) is 4.79 Å². The number of nitrogens with zero attached hydrogens (tertiary/aromatic N) is 3. The molecule has 0 aliphatic rings. The first-order valence-corrected chi connectivity index (χ1v) is 8.07. The summed E-state index contributed by atoms with van der Waals surface area (Å²) >= 11 is 0. The van der Waals surface area contributed by atoms with Gasteiger partial charge in [-0.1, -0.05) is 0 Å². The number of halogens is 3. The van der Waals surface area contributed by atoms with E-state index < -0.39 is 17.6 Å². The fourth-order valence-corrected chi connectivity index (χ4v) is 2.50. The van der Waals surface area contributed by atoms with Crippen LogP contribution in [-0.2, 0) is 11.0 Å². The molecule has 7 nitrogen and oxygen atoms in total. The van der Waals surface area contributed by atoms with E-state index in [-0.39, 0.29) is 24.0 Å². The zero-order chi connectivity index (χ0) is 19.4. The number of carbonyl (C=O) groups excluding carboxylic acids is 1. The van der Waals surface area contributed by atoms with Gasteiger partial charge in [0, 0.05) is 0 Å². The highest BCUT2D eigenvalue weighted by Gasteiger charge is 2.31. The highest BCUT2D eigenvalue weighted by molar-refractivity contribution is 5.93. The molecular weight excluding hydrogens is 363 g/mol. The fourth-order valence-electron chi connectivity index (χ4n) is 2.50. The number of hydrogen-bond donors (Lipinski definition) is 2. The van der Waals surface area contributed by atoms with Crippen molar-refractivity contribution in [3.05, 3.63) is 60.6 Å². The van der Waals surface area contributed by atoms with E-state index in [2.05, 4.69) is 15.4 Å². The third-order valence-corrected chi connectivity index (χ3v) is 3.91. The molecule has 142 valence electrons. The number of furan rings is 1. The standard InChI is InChI=1S/C17H16F3N5O2/c1-11(15-3-2-6-27-15)22-8-16(26)24-13-7-12(17(18,19)20)4-5-14(13)25-10-21-9-23-25/h2-7,9-11,22H,8H2,1H3,(H,24,26)/p+1/t11-/m0/s1. The van der Waals surface area contributed by atoms with Crippen LogP contribution in [0.2, 0.25) is 0 Å². The lowest BCUT2D eigenvalue weighted by Gasteiger charge is -2.14. The van der Waals surface area contributed by atoms with Crippen molar-refractivity contribution in [2.75, 3.05) is 11.9 Å². The minimum atomic E-state index is -4.53. The zero-order valence-electron chi connectivity index (χ0n) is 14.3. The first-order valence-electron chi connectivity index (χ1n) is 8.07. The molecule has 0 aliphatic carbocycles. The molecule has 0 saturated carbocycles. The fraction of sp³-hybridized carbons (Fsp3) is 0.235. The van der Waals surface area contributed by atoms with Gasteiger partial charge in [0.2, 0.25) is 0 Å². The molecule has 0 saturated heterocycles. The molecule has 0 unspecified atom stereocenters. The molecule has 0 fully saturated rings. The molecule has 10 heteroatoms. The SMILES string of the molecule is C[C@H]([NH2+]CC(=O)Nc1cc(C(F)(F)F)ccc1-n1cncn1)c1ccco1. The minimum absolute atomic E-state index is 0.000577. The highest BCUT2D eigenvalue weighted by Crippen LogP contribution is 2.33. The topological polar surface area (TPSA) is 89.6 Å². The second-order valence-corrected chi connectivity index (χ2v) is 5.86. The molecular formula is C17H17F3N5O2+. The first kappa shape index (κ1) is 18.6. The molecule has 2 aromatic heterocycles. The van der Waals surface area contributed by atoms with Crippen LogP contribution in [0.15, 0.2) is 53.7 Å². The second kappa shape index (κ2) is 7.62. The number of nitrogens with two attached hydrogens (primary N) is 1. The molecule has 3 rings (SSSR count). The monoisotopic (exact) mass is 380 g/mol. The Morgan fingerprint density at radius 2 is 2.19 bits per heavy atom. The summed E-state index contributed by atoms with van der Waals surface area (Å²) in [5.41, 5.74) is -0.582. The van der Waals surface area contributed by atoms with Crippen LogP contribution in [0.25, 0.3) is 5.69 Å². The van der Waals surface area contributed by atoms with Crippen LogP contribution in [-0.4, -0.2) is 27.2 Å². The molecule has 3 N–H and O–H groups in total. The van der Waals surface area contributed by atoms with E-state index in [9.17, 15) is 18.0 Å². The van der Waals surface area contributed by atoms with Gasteiger partial charge in [0.25, 0.3) is 5.91 Å². The van der Waals surface area contributed by atoms with Crippen LogP contribution in [0.3, 0.4) is 0 Å². The number of amides is 1. The summed E-state index contributed by atoms with van der Waals surface area (Å²) < 4.78 is 45.6. The molecule has 0 aliphatic heterocycles. The van der Waals surface area contributed by atoms with Crippen molar-refractivity contribution in [2.24, 2.45) is 0 Å². The lowest BCUT2D eigenvalue weighted by atomic mass is 10.1. The van der Waals surface area contributed by atoms with Crippen molar-refractivity contribution in [2.45, 2.75) is 19.1 Å². The van der Waals surface area contributed by atoms with E-state index >= 15 is 0 Å². The van der Waals surface area contributed by atoms with Crippen molar-refractivity contribution in [3.63, 3.8) is 0 Å². The van der Waals surface area contributed by atoms with Crippen LogP contribution < -0.4 is 10.6 Å². The maximum Gasteiger partial charge on any atom is 0.416 e. The van der Waals surface area contributed by atoms with Crippen molar-refractivity contribution >= 4 is 11.6 Å². The largest absolute Gasteiger partial charge is 0.463 e. The Kier molecular flexibility index (Phi) is 5.26. The summed E-state index contributed by atoms with van der Waals surface area (Å²) in [5.74, 6) is 0.249. The Hall–Kier alpha value is -3.14. The molecule has 1 atom stereocenters.